The Morgan fingerprint density at radius 1 is 1.05 bits per heavy atom. The number of furan rings is 1. The molecule has 3 aromatic rings. The molecule has 20 heavy (non-hydrogen) atoms. The second-order valence-electron chi connectivity index (χ2n) is 4.25. The van der Waals surface area contributed by atoms with E-state index in [0.29, 0.717) is 21.2 Å². The number of halogens is 3. The highest BCUT2D eigenvalue weighted by atomic mass is 79.9. The van der Waals surface area contributed by atoms with Crippen molar-refractivity contribution in [2.75, 3.05) is 0 Å². The molecule has 0 aliphatic rings. The van der Waals surface area contributed by atoms with E-state index in [1.165, 1.54) is 6.07 Å². The van der Waals surface area contributed by atoms with Crippen LogP contribution < -0.4 is 0 Å². The van der Waals surface area contributed by atoms with E-state index in [0.717, 1.165) is 9.86 Å². The minimum absolute atomic E-state index is 0.238. The Balaban J connectivity index is 2.10. The molecule has 1 aromatic heterocycles. The van der Waals surface area contributed by atoms with Crippen LogP contribution in [0.25, 0.3) is 11.0 Å². The Labute approximate surface area is 133 Å². The molecule has 100 valence electrons. The SMILES string of the molecule is O=C(c1cc2cc(Br)ccc2o1)c1cc(Cl)ccc1Cl. The molecule has 0 N–H and O–H groups in total. The fraction of sp³-hybridized carbons (Fsp3) is 0. The predicted octanol–water partition coefficient (Wildman–Crippen LogP) is 5.73. The summed E-state index contributed by atoms with van der Waals surface area (Å²) in [6.07, 6.45) is 0. The Kier molecular flexibility index (Phi) is 3.59. The first-order chi connectivity index (χ1) is 9.54. The highest BCUT2D eigenvalue weighted by Crippen LogP contribution is 2.28. The van der Waals surface area contributed by atoms with Gasteiger partial charge in [0.2, 0.25) is 5.78 Å². The predicted molar refractivity (Wildman–Crippen MR) is 83.8 cm³/mol. The highest BCUT2D eigenvalue weighted by Gasteiger charge is 2.18. The lowest BCUT2D eigenvalue weighted by atomic mass is 10.1. The van der Waals surface area contributed by atoms with Crippen molar-refractivity contribution in [3.63, 3.8) is 0 Å². The molecule has 2 aromatic carbocycles. The van der Waals surface area contributed by atoms with E-state index < -0.39 is 0 Å². The summed E-state index contributed by atoms with van der Waals surface area (Å²) in [6, 6.07) is 12.0. The van der Waals surface area contributed by atoms with Crippen LogP contribution in [0, 0.1) is 0 Å². The van der Waals surface area contributed by atoms with Gasteiger partial charge in [0.15, 0.2) is 5.76 Å². The lowest BCUT2D eigenvalue weighted by molar-refractivity contribution is 0.101. The van der Waals surface area contributed by atoms with E-state index in [1.807, 2.05) is 12.1 Å². The van der Waals surface area contributed by atoms with Gasteiger partial charge in [-0.3, -0.25) is 4.79 Å². The number of fused-ring (bicyclic) bond motifs is 1. The van der Waals surface area contributed by atoms with E-state index in [1.54, 1.807) is 24.3 Å². The van der Waals surface area contributed by atoms with Gasteiger partial charge in [-0.15, -0.1) is 0 Å². The molecule has 0 aliphatic heterocycles. The number of carbonyl (C=O) groups is 1. The maximum atomic E-state index is 12.4. The van der Waals surface area contributed by atoms with Gasteiger partial charge in [0.1, 0.15) is 5.58 Å². The molecule has 1 heterocycles. The second kappa shape index (κ2) is 5.24. The Morgan fingerprint density at radius 2 is 1.85 bits per heavy atom. The van der Waals surface area contributed by atoms with E-state index in [9.17, 15) is 4.79 Å². The summed E-state index contributed by atoms with van der Waals surface area (Å²) in [5.41, 5.74) is 0.979. The number of ketones is 1. The monoisotopic (exact) mass is 368 g/mol. The van der Waals surface area contributed by atoms with Gasteiger partial charge < -0.3 is 4.42 Å². The Bertz CT molecular complexity index is 824. The normalized spacial score (nSPS) is 10.9. The third kappa shape index (κ3) is 2.49. The van der Waals surface area contributed by atoms with Crippen LogP contribution in [0.2, 0.25) is 10.0 Å². The standard InChI is InChI=1S/C15H7BrCl2O2/c16-9-1-4-13-8(5-9)6-14(20-13)15(19)11-7-10(17)2-3-12(11)18/h1-7H. The fourth-order valence-electron chi connectivity index (χ4n) is 1.93. The zero-order valence-corrected chi connectivity index (χ0v) is 13.1. The van der Waals surface area contributed by atoms with Gasteiger partial charge in [-0.2, -0.15) is 0 Å². The molecule has 0 saturated heterocycles. The maximum absolute atomic E-state index is 12.4. The number of carbonyl (C=O) groups excluding carboxylic acids is 1. The topological polar surface area (TPSA) is 30.2 Å². The second-order valence-corrected chi connectivity index (χ2v) is 6.01. The van der Waals surface area contributed by atoms with Crippen LogP contribution in [0.15, 0.2) is 51.4 Å². The van der Waals surface area contributed by atoms with Crippen molar-refractivity contribution >= 4 is 55.9 Å². The van der Waals surface area contributed by atoms with E-state index in [-0.39, 0.29) is 11.5 Å². The maximum Gasteiger partial charge on any atom is 0.229 e. The van der Waals surface area contributed by atoms with Crippen molar-refractivity contribution in [1.29, 1.82) is 0 Å². The van der Waals surface area contributed by atoms with E-state index in [2.05, 4.69) is 15.9 Å². The molecule has 0 spiro atoms. The number of rotatable bonds is 2. The first-order valence-electron chi connectivity index (χ1n) is 5.73. The van der Waals surface area contributed by atoms with Crippen molar-refractivity contribution in [2.45, 2.75) is 0 Å². The quantitative estimate of drug-likeness (QED) is 0.539. The van der Waals surface area contributed by atoms with Gasteiger partial charge in [0.25, 0.3) is 0 Å². The molecule has 0 amide bonds. The Morgan fingerprint density at radius 3 is 2.65 bits per heavy atom. The van der Waals surface area contributed by atoms with Gasteiger partial charge in [0, 0.05) is 20.4 Å². The number of hydrogen-bond donors (Lipinski definition) is 0. The first kappa shape index (κ1) is 13.7. The third-order valence-electron chi connectivity index (χ3n) is 2.88. The molecule has 0 unspecified atom stereocenters. The number of hydrogen-bond acceptors (Lipinski definition) is 2. The Hall–Kier alpha value is -1.29. The smallest absolute Gasteiger partial charge is 0.229 e. The van der Waals surface area contributed by atoms with Gasteiger partial charge in [0.05, 0.1) is 5.02 Å². The van der Waals surface area contributed by atoms with Crippen LogP contribution >= 0.6 is 39.1 Å². The summed E-state index contributed by atoms with van der Waals surface area (Å²) in [7, 11) is 0. The summed E-state index contributed by atoms with van der Waals surface area (Å²) in [5.74, 6) is -0.0490. The zero-order valence-electron chi connectivity index (χ0n) is 9.99. The van der Waals surface area contributed by atoms with Gasteiger partial charge >= 0.3 is 0 Å². The van der Waals surface area contributed by atoms with E-state index >= 15 is 0 Å². The average molecular weight is 370 g/mol. The summed E-state index contributed by atoms with van der Waals surface area (Å²) < 4.78 is 6.48. The van der Waals surface area contributed by atoms with Crippen molar-refractivity contribution in [2.24, 2.45) is 0 Å². The molecule has 0 fully saturated rings. The van der Waals surface area contributed by atoms with Gasteiger partial charge in [-0.05, 0) is 42.5 Å². The molecule has 5 heteroatoms. The van der Waals surface area contributed by atoms with Crippen LogP contribution in [0.1, 0.15) is 16.1 Å². The molecular formula is C15H7BrCl2O2. The summed E-state index contributed by atoms with van der Waals surface area (Å²) in [4.78, 5) is 12.4. The zero-order chi connectivity index (χ0) is 14.3. The molecule has 2 nitrogen and oxygen atoms in total. The lowest BCUT2D eigenvalue weighted by Gasteiger charge is -2.01. The van der Waals surface area contributed by atoms with Crippen LogP contribution in [0.3, 0.4) is 0 Å². The van der Waals surface area contributed by atoms with Crippen molar-refractivity contribution in [3.8, 4) is 0 Å². The van der Waals surface area contributed by atoms with Crippen LogP contribution in [0.4, 0.5) is 0 Å². The van der Waals surface area contributed by atoms with Crippen molar-refractivity contribution in [1.82, 2.24) is 0 Å². The van der Waals surface area contributed by atoms with Crippen LogP contribution in [-0.4, -0.2) is 5.78 Å². The van der Waals surface area contributed by atoms with Crippen LogP contribution in [0.5, 0.6) is 0 Å². The molecule has 0 atom stereocenters. The minimum atomic E-state index is -0.287. The summed E-state index contributed by atoms with van der Waals surface area (Å²) in [5, 5.41) is 1.65. The lowest BCUT2D eigenvalue weighted by Crippen LogP contribution is -2.00. The van der Waals surface area contributed by atoms with Crippen LogP contribution in [-0.2, 0) is 0 Å². The molecule has 0 bridgehead atoms. The first-order valence-corrected chi connectivity index (χ1v) is 7.28. The van der Waals surface area contributed by atoms with Crippen molar-refractivity contribution in [3.05, 3.63) is 68.3 Å². The molecule has 0 saturated carbocycles. The number of benzene rings is 2. The molecular weight excluding hydrogens is 363 g/mol. The third-order valence-corrected chi connectivity index (χ3v) is 3.93. The minimum Gasteiger partial charge on any atom is -0.453 e. The van der Waals surface area contributed by atoms with Crippen molar-refractivity contribution < 1.29 is 9.21 Å². The fourth-order valence-corrected chi connectivity index (χ4v) is 2.68. The average Bonchev–Trinajstić information content (AvgIpc) is 2.83. The summed E-state index contributed by atoms with van der Waals surface area (Å²) in [6.45, 7) is 0. The van der Waals surface area contributed by atoms with Gasteiger partial charge in [-0.1, -0.05) is 39.1 Å². The highest BCUT2D eigenvalue weighted by molar-refractivity contribution is 9.10. The van der Waals surface area contributed by atoms with E-state index in [4.69, 9.17) is 27.6 Å². The molecule has 0 aliphatic carbocycles. The molecule has 3 rings (SSSR count). The molecule has 0 radical (unpaired) electrons. The summed E-state index contributed by atoms with van der Waals surface area (Å²) >= 11 is 15.3. The largest absolute Gasteiger partial charge is 0.453 e. The van der Waals surface area contributed by atoms with Gasteiger partial charge in [-0.25, -0.2) is 0 Å².